The van der Waals surface area contributed by atoms with Crippen molar-refractivity contribution in [2.45, 2.75) is 18.9 Å². The second kappa shape index (κ2) is 6.54. The number of aromatic nitrogens is 1. The molecule has 26 heavy (non-hydrogen) atoms. The van der Waals surface area contributed by atoms with Gasteiger partial charge < -0.3 is 10.2 Å². The third-order valence-electron chi connectivity index (χ3n) is 3.85. The Balaban J connectivity index is 2.00. The lowest BCUT2D eigenvalue weighted by atomic mass is 10.0. The highest BCUT2D eigenvalue weighted by atomic mass is 19.4. The molecular weight excluding hydrogens is 360 g/mol. The molecule has 0 unspecified atom stereocenters. The van der Waals surface area contributed by atoms with Gasteiger partial charge in [0.1, 0.15) is 0 Å². The Bertz CT molecular complexity index is 826. The van der Waals surface area contributed by atoms with E-state index in [0.717, 1.165) is 30.5 Å². The van der Waals surface area contributed by atoms with Crippen LogP contribution in [0, 0.1) is 0 Å². The van der Waals surface area contributed by atoms with Crippen molar-refractivity contribution in [1.82, 2.24) is 15.2 Å². The number of halogens is 6. The molecule has 1 aliphatic heterocycles. The standard InChI is InChI=1S/C17H13F6N3/c18-16(19,20)13-3-1-2-11(6-13)15-7-14(17(21,22)23)12(8-25-15)9-26-5-4-24-10-26/h1-8,24H,9-10H2. The monoisotopic (exact) mass is 373 g/mol. The van der Waals surface area contributed by atoms with E-state index < -0.39 is 23.5 Å². The smallest absolute Gasteiger partial charge is 0.373 e. The number of benzene rings is 1. The summed E-state index contributed by atoms with van der Waals surface area (Å²) in [6, 6.07) is 4.87. The van der Waals surface area contributed by atoms with Crippen molar-refractivity contribution in [2.75, 3.05) is 6.67 Å². The quantitative estimate of drug-likeness (QED) is 0.796. The van der Waals surface area contributed by atoms with E-state index in [2.05, 4.69) is 10.3 Å². The second-order valence-electron chi connectivity index (χ2n) is 5.73. The summed E-state index contributed by atoms with van der Waals surface area (Å²) in [5, 5.41) is 2.85. The summed E-state index contributed by atoms with van der Waals surface area (Å²) in [6.07, 6.45) is -4.95. The molecule has 0 atom stereocenters. The van der Waals surface area contributed by atoms with E-state index in [-0.39, 0.29) is 23.4 Å². The Hall–Kier alpha value is -2.71. The first-order chi connectivity index (χ1) is 12.1. The SMILES string of the molecule is FC(F)(F)c1cccc(-c2cc(C(F)(F)F)c(CN3C=CNC3)cn2)c1. The fourth-order valence-electron chi connectivity index (χ4n) is 2.59. The minimum absolute atomic E-state index is 0.0196. The van der Waals surface area contributed by atoms with Crippen LogP contribution in [0.4, 0.5) is 26.3 Å². The lowest BCUT2D eigenvalue weighted by Gasteiger charge is -2.19. The van der Waals surface area contributed by atoms with E-state index in [4.69, 9.17) is 0 Å². The molecule has 3 nitrogen and oxygen atoms in total. The number of hydrogen-bond donors (Lipinski definition) is 1. The van der Waals surface area contributed by atoms with Gasteiger partial charge in [-0.1, -0.05) is 12.1 Å². The van der Waals surface area contributed by atoms with Gasteiger partial charge in [0.15, 0.2) is 0 Å². The fraction of sp³-hybridized carbons (Fsp3) is 0.235. The summed E-state index contributed by atoms with van der Waals surface area (Å²) in [4.78, 5) is 5.57. The van der Waals surface area contributed by atoms with E-state index in [1.54, 1.807) is 17.3 Å². The largest absolute Gasteiger partial charge is 0.416 e. The molecule has 3 rings (SSSR count). The van der Waals surface area contributed by atoms with E-state index in [0.29, 0.717) is 6.67 Å². The van der Waals surface area contributed by atoms with Crippen LogP contribution >= 0.6 is 0 Å². The summed E-state index contributed by atoms with van der Waals surface area (Å²) in [7, 11) is 0. The number of alkyl halides is 6. The van der Waals surface area contributed by atoms with Gasteiger partial charge in [0.05, 0.1) is 23.5 Å². The molecule has 0 aliphatic carbocycles. The predicted molar refractivity (Wildman–Crippen MR) is 82.4 cm³/mol. The van der Waals surface area contributed by atoms with Gasteiger partial charge in [-0.15, -0.1) is 0 Å². The maximum absolute atomic E-state index is 13.4. The van der Waals surface area contributed by atoms with Crippen LogP contribution in [0.25, 0.3) is 11.3 Å². The molecular formula is C17H13F6N3. The Morgan fingerprint density at radius 1 is 1.04 bits per heavy atom. The minimum atomic E-state index is -4.65. The van der Waals surface area contributed by atoms with Gasteiger partial charge in [0.25, 0.3) is 0 Å². The Kier molecular flexibility index (Phi) is 4.55. The van der Waals surface area contributed by atoms with Crippen LogP contribution in [-0.4, -0.2) is 16.6 Å². The van der Waals surface area contributed by atoms with Crippen molar-refractivity contribution < 1.29 is 26.3 Å². The molecule has 0 radical (unpaired) electrons. The molecule has 0 saturated carbocycles. The third-order valence-corrected chi connectivity index (χ3v) is 3.85. The highest BCUT2D eigenvalue weighted by Gasteiger charge is 2.35. The highest BCUT2D eigenvalue weighted by molar-refractivity contribution is 5.61. The molecule has 9 heteroatoms. The van der Waals surface area contributed by atoms with Gasteiger partial charge in [0, 0.05) is 36.3 Å². The van der Waals surface area contributed by atoms with Crippen LogP contribution in [0.2, 0.25) is 0 Å². The molecule has 1 N–H and O–H groups in total. The van der Waals surface area contributed by atoms with Crippen LogP contribution in [0.1, 0.15) is 16.7 Å². The first kappa shape index (κ1) is 18.1. The number of nitrogens with zero attached hydrogens (tertiary/aromatic N) is 2. The minimum Gasteiger partial charge on any atom is -0.373 e. The molecule has 0 saturated heterocycles. The summed E-state index contributed by atoms with van der Waals surface area (Å²) >= 11 is 0. The average molecular weight is 373 g/mol. The van der Waals surface area contributed by atoms with Crippen molar-refractivity contribution in [2.24, 2.45) is 0 Å². The maximum atomic E-state index is 13.4. The molecule has 1 aromatic heterocycles. The van der Waals surface area contributed by atoms with Crippen LogP contribution in [-0.2, 0) is 18.9 Å². The Morgan fingerprint density at radius 3 is 2.42 bits per heavy atom. The maximum Gasteiger partial charge on any atom is 0.416 e. The molecule has 2 aromatic rings. The van der Waals surface area contributed by atoms with Gasteiger partial charge in [0.2, 0.25) is 0 Å². The zero-order valence-electron chi connectivity index (χ0n) is 13.2. The lowest BCUT2D eigenvalue weighted by Crippen LogP contribution is -2.22. The van der Waals surface area contributed by atoms with Crippen molar-refractivity contribution in [3.63, 3.8) is 0 Å². The van der Waals surface area contributed by atoms with Crippen LogP contribution in [0.15, 0.2) is 48.9 Å². The van der Waals surface area contributed by atoms with Crippen LogP contribution in [0.5, 0.6) is 0 Å². The molecule has 138 valence electrons. The van der Waals surface area contributed by atoms with E-state index >= 15 is 0 Å². The normalized spacial score (nSPS) is 14.6. The van der Waals surface area contributed by atoms with Crippen molar-refractivity contribution in [3.8, 4) is 11.3 Å². The summed E-state index contributed by atoms with van der Waals surface area (Å²) in [6.45, 7) is 0.348. The summed E-state index contributed by atoms with van der Waals surface area (Å²) in [5.41, 5.74) is -2.11. The van der Waals surface area contributed by atoms with Crippen molar-refractivity contribution in [1.29, 1.82) is 0 Å². The molecule has 1 aromatic carbocycles. The summed E-state index contributed by atoms with van der Waals surface area (Å²) in [5.74, 6) is 0. The Labute approximate surface area is 145 Å². The van der Waals surface area contributed by atoms with Gasteiger partial charge in [-0.05, 0) is 18.2 Å². The number of nitrogens with one attached hydrogen (secondary N) is 1. The molecule has 2 heterocycles. The lowest BCUT2D eigenvalue weighted by molar-refractivity contribution is -0.139. The first-order valence-electron chi connectivity index (χ1n) is 7.52. The molecule has 0 bridgehead atoms. The van der Waals surface area contributed by atoms with Gasteiger partial charge >= 0.3 is 12.4 Å². The van der Waals surface area contributed by atoms with Crippen molar-refractivity contribution >= 4 is 0 Å². The highest BCUT2D eigenvalue weighted by Crippen LogP contribution is 2.36. The van der Waals surface area contributed by atoms with Crippen LogP contribution in [0.3, 0.4) is 0 Å². The number of hydrogen-bond acceptors (Lipinski definition) is 3. The summed E-state index contributed by atoms with van der Waals surface area (Å²) < 4.78 is 78.8. The van der Waals surface area contributed by atoms with Crippen molar-refractivity contribution in [3.05, 3.63) is 65.6 Å². The number of pyridine rings is 1. The first-order valence-corrected chi connectivity index (χ1v) is 7.52. The average Bonchev–Trinajstić information content (AvgIpc) is 3.06. The van der Waals surface area contributed by atoms with E-state index in [1.807, 2.05) is 0 Å². The fourth-order valence-corrected chi connectivity index (χ4v) is 2.59. The zero-order chi connectivity index (χ0) is 18.9. The van der Waals surface area contributed by atoms with E-state index in [9.17, 15) is 26.3 Å². The van der Waals surface area contributed by atoms with Gasteiger partial charge in [-0.25, -0.2) is 0 Å². The predicted octanol–water partition coefficient (Wildman–Crippen LogP) is 4.62. The molecule has 0 spiro atoms. The van der Waals surface area contributed by atoms with Gasteiger partial charge in [-0.3, -0.25) is 4.98 Å². The zero-order valence-corrected chi connectivity index (χ0v) is 13.2. The topological polar surface area (TPSA) is 28.2 Å². The molecule has 1 aliphatic rings. The van der Waals surface area contributed by atoms with Gasteiger partial charge in [-0.2, -0.15) is 26.3 Å². The van der Waals surface area contributed by atoms with E-state index in [1.165, 1.54) is 6.07 Å². The third kappa shape index (κ3) is 3.92. The molecule has 0 fully saturated rings. The second-order valence-corrected chi connectivity index (χ2v) is 5.73. The van der Waals surface area contributed by atoms with Crippen LogP contribution < -0.4 is 5.32 Å². The molecule has 0 amide bonds. The Morgan fingerprint density at radius 2 is 1.81 bits per heavy atom. The number of rotatable bonds is 3.